The van der Waals surface area contributed by atoms with Crippen LogP contribution < -0.4 is 5.73 Å². The molecule has 0 unspecified atom stereocenters. The summed E-state index contributed by atoms with van der Waals surface area (Å²) in [5.41, 5.74) is 6.23. The maximum absolute atomic E-state index is 10.7. The quantitative estimate of drug-likeness (QED) is 0.140. The summed E-state index contributed by atoms with van der Waals surface area (Å²) in [6, 6.07) is 0. The van der Waals surface area contributed by atoms with Crippen molar-refractivity contribution < 1.29 is 4.79 Å². The number of likely N-dealkylation sites (tertiary alicyclic amines) is 2. The van der Waals surface area contributed by atoms with Crippen molar-refractivity contribution in [2.75, 3.05) is 46.3 Å². The number of hydrogen-bond acceptors (Lipinski definition) is 7. The van der Waals surface area contributed by atoms with Gasteiger partial charge in [-0.25, -0.2) is 0 Å². The normalized spacial score (nSPS) is 14.7. The molecule has 10 nitrogen and oxygen atoms in total. The number of nitrogens with two attached hydrogens (primary N) is 1. The molecule has 3 heterocycles. The van der Waals surface area contributed by atoms with E-state index >= 15 is 0 Å². The second kappa shape index (κ2) is 40.2. The van der Waals surface area contributed by atoms with Gasteiger partial charge >= 0.3 is 0 Å². The van der Waals surface area contributed by atoms with Gasteiger partial charge in [-0.3, -0.25) is 20.6 Å². The van der Waals surface area contributed by atoms with Crippen LogP contribution in [0.2, 0.25) is 0 Å². The standard InChI is InChI=1S/C7H14N2.C7H13NO.C5H10N2.C5H9N.C3H7N.C2H6N2.7CH4/c1-7(8)9-5-3-2-4-6-9;1-7(9)8-5-3-2-4-6-8;1-5-6-3-4-7(5)2;1-4(6)5-2-3-5;1-3(2)4;1-2(3)4;;;;;;;/h8H,2-6H2,1H3;2-6H2,1H3;3-4H2,1-2H3;5-6H,2-3H2,1H3;4H,1-2H3;1H3,(H3,3,4);7*1H4. The van der Waals surface area contributed by atoms with E-state index in [2.05, 4.69) is 21.8 Å². The zero-order valence-corrected chi connectivity index (χ0v) is 26.3. The van der Waals surface area contributed by atoms with Crippen LogP contribution in [0.5, 0.6) is 0 Å². The van der Waals surface area contributed by atoms with Gasteiger partial charge in [-0.15, -0.1) is 0 Å². The van der Waals surface area contributed by atoms with Gasteiger partial charge in [-0.05, 0) is 98.8 Å². The van der Waals surface area contributed by atoms with Gasteiger partial charge in [0.1, 0.15) is 0 Å². The fourth-order valence-electron chi connectivity index (χ4n) is 3.60. The fraction of sp³-hybridized carbons (Fsp3) is 0.833. The highest BCUT2D eigenvalue weighted by Crippen LogP contribution is 2.29. The van der Waals surface area contributed by atoms with Crippen molar-refractivity contribution in [1.82, 2.24) is 14.7 Å². The van der Waals surface area contributed by atoms with Crippen LogP contribution in [-0.4, -0.2) is 95.9 Å². The third-order valence-corrected chi connectivity index (χ3v) is 6.15. The largest absolute Gasteiger partial charge is 0.388 e. The minimum absolute atomic E-state index is 0. The molecule has 4 aliphatic rings. The third kappa shape index (κ3) is 45.6. The highest BCUT2D eigenvalue weighted by Gasteiger charge is 2.22. The van der Waals surface area contributed by atoms with Crippen LogP contribution >= 0.6 is 0 Å². The number of amides is 1. The number of carbonyl (C=O) groups excluding carboxylic acids is 1. The van der Waals surface area contributed by atoms with E-state index in [1.165, 1.54) is 64.1 Å². The zero-order chi connectivity index (χ0) is 30.4. The number of aliphatic imine (C=N–C) groups is 1. The molecule has 0 radical (unpaired) electrons. The Balaban J connectivity index is -0.0000000507. The van der Waals surface area contributed by atoms with E-state index in [-0.39, 0.29) is 63.7 Å². The van der Waals surface area contributed by atoms with Crippen LogP contribution in [0, 0.1) is 27.6 Å². The molecule has 1 aliphatic carbocycles. The van der Waals surface area contributed by atoms with Crippen molar-refractivity contribution in [3.8, 4) is 0 Å². The monoisotopic (exact) mass is 662 g/mol. The van der Waals surface area contributed by atoms with E-state index in [0.717, 1.165) is 50.8 Å². The number of rotatable bonds is 1. The first-order valence-corrected chi connectivity index (χ1v) is 14.3. The molecule has 10 heteroatoms. The lowest BCUT2D eigenvalue weighted by Gasteiger charge is -2.27. The van der Waals surface area contributed by atoms with Crippen LogP contribution in [0.3, 0.4) is 0 Å². The average molecular weight is 662 g/mol. The predicted molar refractivity (Wildman–Crippen MR) is 215 cm³/mol. The molecule has 1 saturated carbocycles. The average Bonchev–Trinajstić information content (AvgIpc) is 3.66. The minimum atomic E-state index is 0. The van der Waals surface area contributed by atoms with Crippen molar-refractivity contribution >= 4 is 34.8 Å². The van der Waals surface area contributed by atoms with Crippen molar-refractivity contribution in [3.63, 3.8) is 0 Å². The summed E-state index contributed by atoms with van der Waals surface area (Å²) < 4.78 is 0. The number of nitrogens with zero attached hydrogens (tertiary/aromatic N) is 4. The van der Waals surface area contributed by atoms with Crippen LogP contribution in [0.1, 0.15) is 152 Å². The lowest BCUT2D eigenvalue weighted by atomic mass is 10.1. The summed E-state index contributed by atoms with van der Waals surface area (Å²) in [5.74, 6) is 2.98. The van der Waals surface area contributed by atoms with E-state index in [0.29, 0.717) is 11.6 Å². The lowest BCUT2D eigenvalue weighted by Crippen LogP contribution is -2.33. The highest BCUT2D eigenvalue weighted by molar-refractivity contribution is 5.83. The maximum Gasteiger partial charge on any atom is 0.219 e. The Morgan fingerprint density at radius 3 is 1.11 bits per heavy atom. The van der Waals surface area contributed by atoms with Crippen LogP contribution in [0.25, 0.3) is 0 Å². The van der Waals surface area contributed by atoms with Gasteiger partial charge in [0.2, 0.25) is 5.91 Å². The second-order valence-electron chi connectivity index (χ2n) is 10.7. The van der Waals surface area contributed by atoms with Crippen LogP contribution in [-0.2, 0) is 4.79 Å². The summed E-state index contributed by atoms with van der Waals surface area (Å²) in [4.78, 5) is 21.1. The van der Waals surface area contributed by atoms with Gasteiger partial charge in [0, 0.05) is 58.1 Å². The maximum atomic E-state index is 10.7. The Kier molecular flexibility index (Phi) is 57.6. The smallest absolute Gasteiger partial charge is 0.219 e. The SMILES string of the molecule is C.C.C.C.C.C.C.CC(=N)C1CC1.CC(=N)N.CC(=N)N1CCCCC1.CC(=O)N1CCCCC1.CC(C)=N.CC1=NCCN1C. The van der Waals surface area contributed by atoms with Gasteiger partial charge < -0.3 is 31.3 Å². The van der Waals surface area contributed by atoms with E-state index < -0.39 is 0 Å². The van der Waals surface area contributed by atoms with Crippen molar-refractivity contribution in [2.45, 2.75) is 152 Å². The summed E-state index contributed by atoms with van der Waals surface area (Å²) in [6.45, 7) is 18.7. The molecule has 0 aromatic rings. The van der Waals surface area contributed by atoms with E-state index in [9.17, 15) is 4.79 Å². The first-order valence-electron chi connectivity index (χ1n) is 14.3. The number of amidine groups is 3. The molecule has 282 valence electrons. The number of likely N-dealkylation sites (N-methyl/N-ethyl adjacent to an activating group) is 1. The molecule has 3 aliphatic heterocycles. The minimum Gasteiger partial charge on any atom is -0.388 e. The zero-order valence-electron chi connectivity index (χ0n) is 26.3. The highest BCUT2D eigenvalue weighted by atomic mass is 16.2. The molecular weight excluding hydrogens is 574 g/mol. The van der Waals surface area contributed by atoms with E-state index in [1.54, 1.807) is 20.8 Å². The summed E-state index contributed by atoms with van der Waals surface area (Å²) >= 11 is 0. The number of nitrogens with one attached hydrogen (secondary N) is 4. The van der Waals surface area contributed by atoms with Gasteiger partial charge in [0.05, 0.1) is 24.1 Å². The van der Waals surface area contributed by atoms with Gasteiger partial charge in [-0.1, -0.05) is 52.0 Å². The molecule has 0 aromatic carbocycles. The molecule has 0 atom stereocenters. The first kappa shape index (κ1) is 65.8. The molecular formula is C36H87N9O. The predicted octanol–water partition coefficient (Wildman–Crippen LogP) is 9.72. The Bertz CT molecular complexity index is 717. The first-order chi connectivity index (χ1) is 18.2. The lowest BCUT2D eigenvalue weighted by molar-refractivity contribution is -0.129. The molecule has 0 aromatic heterocycles. The summed E-state index contributed by atoms with van der Waals surface area (Å²) in [6.07, 6.45) is 10.1. The number of carbonyl (C=O) groups is 1. The van der Waals surface area contributed by atoms with Crippen LogP contribution in [0.15, 0.2) is 4.99 Å². The molecule has 3 fully saturated rings. The van der Waals surface area contributed by atoms with Crippen LogP contribution in [0.4, 0.5) is 0 Å². The van der Waals surface area contributed by atoms with Gasteiger partial charge in [-0.2, -0.15) is 0 Å². The number of hydrogen-bond donors (Lipinski definition) is 5. The molecule has 6 N–H and O–H groups in total. The molecule has 1 amide bonds. The van der Waals surface area contributed by atoms with Gasteiger partial charge in [0.15, 0.2) is 0 Å². The summed E-state index contributed by atoms with van der Waals surface area (Å²) in [7, 11) is 2.06. The topological polar surface area (TPSA) is 161 Å². The molecule has 0 spiro atoms. The van der Waals surface area contributed by atoms with E-state index in [4.69, 9.17) is 27.4 Å². The Morgan fingerprint density at radius 2 is 1.00 bits per heavy atom. The number of piperidine rings is 2. The third-order valence-electron chi connectivity index (χ3n) is 6.15. The summed E-state index contributed by atoms with van der Waals surface area (Å²) in [5, 5.41) is 27.1. The Hall–Kier alpha value is -2.78. The Labute approximate surface area is 290 Å². The Morgan fingerprint density at radius 1 is 0.674 bits per heavy atom. The second-order valence-corrected chi connectivity index (χ2v) is 10.7. The molecule has 0 bridgehead atoms. The van der Waals surface area contributed by atoms with Crippen molar-refractivity contribution in [3.05, 3.63) is 0 Å². The van der Waals surface area contributed by atoms with Crippen molar-refractivity contribution in [1.29, 1.82) is 21.6 Å². The molecule has 46 heavy (non-hydrogen) atoms. The molecule has 4 rings (SSSR count). The van der Waals surface area contributed by atoms with Crippen molar-refractivity contribution in [2.24, 2.45) is 16.6 Å². The van der Waals surface area contributed by atoms with E-state index in [1.807, 2.05) is 25.7 Å². The fourth-order valence-corrected chi connectivity index (χ4v) is 3.60. The molecule has 2 saturated heterocycles. The van der Waals surface area contributed by atoms with Gasteiger partial charge in [0.25, 0.3) is 0 Å².